The van der Waals surface area contributed by atoms with Gasteiger partial charge in [0.2, 0.25) is 0 Å². The molecule has 5 heteroatoms. The lowest BCUT2D eigenvalue weighted by atomic mass is 9.94. The number of nitrogen functional groups attached to an aromatic ring is 1. The minimum atomic E-state index is -0.357. The van der Waals surface area contributed by atoms with Gasteiger partial charge in [0, 0.05) is 18.2 Å². The van der Waals surface area contributed by atoms with Gasteiger partial charge in [0.05, 0.1) is 15.8 Å². The van der Waals surface area contributed by atoms with E-state index in [0.29, 0.717) is 22.3 Å². The summed E-state index contributed by atoms with van der Waals surface area (Å²) >= 11 is 3.08. The molecule has 1 aromatic rings. The standard InChI is InChI=1S/C12H18BrFN2O/c1-3-12(2,4-5-17)16-11-7-9(14)8(13)6-10(11)15/h6-7,16-17H,3-5,15H2,1-2H3. The number of aliphatic hydroxyl groups is 1. The summed E-state index contributed by atoms with van der Waals surface area (Å²) in [4.78, 5) is 0. The Hall–Kier alpha value is -0.810. The van der Waals surface area contributed by atoms with Gasteiger partial charge in [-0.05, 0) is 41.8 Å². The first-order valence-corrected chi connectivity index (χ1v) is 6.34. The summed E-state index contributed by atoms with van der Waals surface area (Å²) in [7, 11) is 0. The number of benzene rings is 1. The quantitative estimate of drug-likeness (QED) is 0.733. The maximum Gasteiger partial charge on any atom is 0.139 e. The summed E-state index contributed by atoms with van der Waals surface area (Å²) in [5.74, 6) is -0.357. The van der Waals surface area contributed by atoms with Crippen molar-refractivity contribution in [3.8, 4) is 0 Å². The van der Waals surface area contributed by atoms with Crippen LogP contribution >= 0.6 is 15.9 Å². The number of hydrogen-bond acceptors (Lipinski definition) is 3. The molecule has 3 nitrogen and oxygen atoms in total. The molecule has 0 amide bonds. The van der Waals surface area contributed by atoms with Crippen molar-refractivity contribution >= 4 is 27.3 Å². The van der Waals surface area contributed by atoms with Crippen molar-refractivity contribution in [1.82, 2.24) is 0 Å². The molecular weight excluding hydrogens is 287 g/mol. The molecule has 0 bridgehead atoms. The molecule has 0 aliphatic carbocycles. The Morgan fingerprint density at radius 1 is 1.53 bits per heavy atom. The summed E-state index contributed by atoms with van der Waals surface area (Å²) in [5, 5.41) is 12.2. The molecule has 17 heavy (non-hydrogen) atoms. The molecule has 96 valence electrons. The highest BCUT2D eigenvalue weighted by Crippen LogP contribution is 2.30. The third-order valence-electron chi connectivity index (χ3n) is 2.97. The van der Waals surface area contributed by atoms with Gasteiger partial charge in [-0.2, -0.15) is 0 Å². The lowest BCUT2D eigenvalue weighted by Crippen LogP contribution is -2.35. The fraction of sp³-hybridized carbons (Fsp3) is 0.500. The Morgan fingerprint density at radius 2 is 2.18 bits per heavy atom. The number of anilines is 2. The van der Waals surface area contributed by atoms with Crippen LogP contribution in [0, 0.1) is 5.82 Å². The number of hydrogen-bond donors (Lipinski definition) is 3. The molecule has 0 aliphatic heterocycles. The molecule has 4 N–H and O–H groups in total. The van der Waals surface area contributed by atoms with Crippen LogP contribution in [-0.4, -0.2) is 17.3 Å². The van der Waals surface area contributed by atoms with Crippen LogP contribution in [0.3, 0.4) is 0 Å². The number of rotatable bonds is 5. The Kier molecular flexibility index (Phi) is 4.77. The van der Waals surface area contributed by atoms with Gasteiger partial charge in [0.15, 0.2) is 0 Å². The normalized spacial score (nSPS) is 14.4. The summed E-state index contributed by atoms with van der Waals surface area (Å²) < 4.78 is 13.8. The van der Waals surface area contributed by atoms with Crippen molar-refractivity contribution in [3.63, 3.8) is 0 Å². The van der Waals surface area contributed by atoms with E-state index >= 15 is 0 Å². The third-order valence-corrected chi connectivity index (χ3v) is 3.58. The molecule has 0 heterocycles. The van der Waals surface area contributed by atoms with Gasteiger partial charge in [-0.1, -0.05) is 6.92 Å². The Morgan fingerprint density at radius 3 is 2.71 bits per heavy atom. The van der Waals surface area contributed by atoms with Crippen molar-refractivity contribution in [2.24, 2.45) is 0 Å². The maximum absolute atomic E-state index is 13.4. The maximum atomic E-state index is 13.4. The molecule has 0 aromatic heterocycles. The lowest BCUT2D eigenvalue weighted by Gasteiger charge is -2.31. The molecule has 1 atom stereocenters. The van der Waals surface area contributed by atoms with Gasteiger partial charge in [-0.25, -0.2) is 4.39 Å². The zero-order chi connectivity index (χ0) is 13.1. The van der Waals surface area contributed by atoms with Gasteiger partial charge in [0.25, 0.3) is 0 Å². The average molecular weight is 305 g/mol. The van der Waals surface area contributed by atoms with Crippen molar-refractivity contribution in [1.29, 1.82) is 0 Å². The van der Waals surface area contributed by atoms with Crippen LogP contribution in [0.5, 0.6) is 0 Å². The van der Waals surface area contributed by atoms with E-state index in [0.717, 1.165) is 6.42 Å². The lowest BCUT2D eigenvalue weighted by molar-refractivity contribution is 0.252. The monoisotopic (exact) mass is 304 g/mol. The summed E-state index contributed by atoms with van der Waals surface area (Å²) in [6.45, 7) is 4.06. The molecular formula is C12H18BrFN2O. The van der Waals surface area contributed by atoms with Crippen LogP contribution in [0.25, 0.3) is 0 Å². The van der Waals surface area contributed by atoms with Crippen LogP contribution < -0.4 is 11.1 Å². The predicted molar refractivity (Wildman–Crippen MR) is 72.5 cm³/mol. The Bertz CT molecular complexity index is 400. The minimum Gasteiger partial charge on any atom is -0.397 e. The smallest absolute Gasteiger partial charge is 0.139 e. The van der Waals surface area contributed by atoms with Crippen LogP contribution in [0.1, 0.15) is 26.7 Å². The largest absolute Gasteiger partial charge is 0.397 e. The van der Waals surface area contributed by atoms with E-state index in [-0.39, 0.29) is 18.0 Å². The van der Waals surface area contributed by atoms with Gasteiger partial charge in [-0.15, -0.1) is 0 Å². The summed E-state index contributed by atoms with van der Waals surface area (Å²) in [5.41, 5.74) is 6.58. The van der Waals surface area contributed by atoms with Crippen LogP contribution in [0.2, 0.25) is 0 Å². The zero-order valence-corrected chi connectivity index (χ0v) is 11.6. The topological polar surface area (TPSA) is 58.3 Å². The van der Waals surface area contributed by atoms with E-state index in [1.807, 2.05) is 13.8 Å². The highest BCUT2D eigenvalue weighted by Gasteiger charge is 2.22. The number of aliphatic hydroxyl groups excluding tert-OH is 1. The number of nitrogens with two attached hydrogens (primary N) is 1. The van der Waals surface area contributed by atoms with E-state index in [2.05, 4.69) is 21.2 Å². The first kappa shape index (κ1) is 14.3. The Balaban J connectivity index is 2.97. The van der Waals surface area contributed by atoms with Crippen molar-refractivity contribution in [2.75, 3.05) is 17.7 Å². The number of halogens is 2. The van der Waals surface area contributed by atoms with Crippen LogP contribution in [-0.2, 0) is 0 Å². The fourth-order valence-corrected chi connectivity index (χ4v) is 1.93. The first-order chi connectivity index (χ1) is 7.91. The van der Waals surface area contributed by atoms with E-state index in [9.17, 15) is 4.39 Å². The van der Waals surface area contributed by atoms with E-state index in [1.54, 1.807) is 0 Å². The average Bonchev–Trinajstić information content (AvgIpc) is 2.26. The van der Waals surface area contributed by atoms with Crippen molar-refractivity contribution in [2.45, 2.75) is 32.2 Å². The van der Waals surface area contributed by atoms with Gasteiger partial charge in [-0.3, -0.25) is 0 Å². The molecule has 1 unspecified atom stereocenters. The SMILES string of the molecule is CCC(C)(CCO)Nc1cc(F)c(Br)cc1N. The van der Waals surface area contributed by atoms with E-state index in [4.69, 9.17) is 10.8 Å². The molecule has 0 spiro atoms. The molecule has 0 aliphatic rings. The fourth-order valence-electron chi connectivity index (χ4n) is 1.57. The summed E-state index contributed by atoms with van der Waals surface area (Å²) in [6, 6.07) is 2.90. The second-order valence-corrected chi connectivity index (χ2v) is 5.22. The molecule has 1 aromatic carbocycles. The molecule has 0 fully saturated rings. The van der Waals surface area contributed by atoms with E-state index in [1.165, 1.54) is 12.1 Å². The minimum absolute atomic E-state index is 0.0796. The van der Waals surface area contributed by atoms with Gasteiger partial charge in [0.1, 0.15) is 5.82 Å². The van der Waals surface area contributed by atoms with Crippen LogP contribution in [0.15, 0.2) is 16.6 Å². The molecule has 1 rings (SSSR count). The third kappa shape index (κ3) is 3.57. The zero-order valence-electron chi connectivity index (χ0n) is 10.1. The first-order valence-electron chi connectivity index (χ1n) is 5.55. The van der Waals surface area contributed by atoms with Crippen LogP contribution in [0.4, 0.5) is 15.8 Å². The molecule has 0 radical (unpaired) electrons. The van der Waals surface area contributed by atoms with Gasteiger partial charge >= 0.3 is 0 Å². The molecule has 0 saturated heterocycles. The summed E-state index contributed by atoms with van der Waals surface area (Å²) in [6.07, 6.45) is 1.39. The number of nitrogens with one attached hydrogen (secondary N) is 1. The van der Waals surface area contributed by atoms with Crippen molar-refractivity contribution < 1.29 is 9.50 Å². The second kappa shape index (κ2) is 5.69. The van der Waals surface area contributed by atoms with Crippen molar-refractivity contribution in [3.05, 3.63) is 22.4 Å². The predicted octanol–water partition coefficient (Wildman–Crippen LogP) is 3.13. The highest BCUT2D eigenvalue weighted by molar-refractivity contribution is 9.10. The Labute approximate surface area is 109 Å². The van der Waals surface area contributed by atoms with E-state index < -0.39 is 0 Å². The second-order valence-electron chi connectivity index (χ2n) is 4.37. The van der Waals surface area contributed by atoms with Gasteiger partial charge < -0.3 is 16.2 Å². The highest BCUT2D eigenvalue weighted by atomic mass is 79.9. The molecule has 0 saturated carbocycles.